The molecule has 0 aliphatic carbocycles. The topological polar surface area (TPSA) is 67.6 Å². The van der Waals surface area contributed by atoms with Crippen LogP contribution in [-0.2, 0) is 9.53 Å². The van der Waals surface area contributed by atoms with E-state index in [1.54, 1.807) is 11.8 Å². The lowest BCUT2D eigenvalue weighted by Crippen LogP contribution is -2.46. The Balaban J connectivity index is 1.52. The van der Waals surface area contributed by atoms with Crippen LogP contribution in [0.2, 0.25) is 5.02 Å². The first-order valence-electron chi connectivity index (χ1n) is 8.73. The first kappa shape index (κ1) is 19.0. The predicted molar refractivity (Wildman–Crippen MR) is 103 cm³/mol. The zero-order valence-electron chi connectivity index (χ0n) is 14.5. The lowest BCUT2D eigenvalue weighted by atomic mass is 10.1. The standard InChI is InChI=1S/C18H26ClN3O2S/c1-25-7-6-16(20)18(23)21-14-8-15-11-24-17(10-22(15)9-14)12-2-4-13(19)5-3-12/h2-5,14-17H,6-11,20H2,1H3,(H,21,23)/t14-,15-,16+,17+/m0/s1. The van der Waals surface area contributed by atoms with Gasteiger partial charge >= 0.3 is 0 Å². The molecule has 1 amide bonds. The summed E-state index contributed by atoms with van der Waals surface area (Å²) in [6.45, 7) is 2.40. The second-order valence-corrected chi connectivity index (χ2v) is 8.23. The lowest BCUT2D eigenvalue weighted by molar-refractivity contribution is -0.123. The molecule has 4 atom stereocenters. The molecule has 2 heterocycles. The number of nitrogens with one attached hydrogen (secondary N) is 1. The number of ether oxygens (including phenoxy) is 1. The molecule has 1 aromatic rings. The second-order valence-electron chi connectivity index (χ2n) is 6.81. The molecular formula is C18H26ClN3O2S. The molecule has 2 saturated heterocycles. The molecule has 5 nitrogen and oxygen atoms in total. The van der Waals surface area contributed by atoms with E-state index in [1.165, 1.54) is 0 Å². The van der Waals surface area contributed by atoms with Crippen molar-refractivity contribution in [2.24, 2.45) is 5.73 Å². The number of thioether (sulfide) groups is 1. The maximum absolute atomic E-state index is 12.2. The summed E-state index contributed by atoms with van der Waals surface area (Å²) in [5, 5.41) is 3.85. The fourth-order valence-corrected chi connectivity index (χ4v) is 4.16. The van der Waals surface area contributed by atoms with Gasteiger partial charge in [-0.15, -0.1) is 0 Å². The molecule has 3 rings (SSSR count). The van der Waals surface area contributed by atoms with Crippen LogP contribution in [0.4, 0.5) is 0 Å². The minimum atomic E-state index is -0.414. The number of morpholine rings is 1. The molecule has 0 radical (unpaired) electrons. The van der Waals surface area contributed by atoms with Gasteiger partial charge in [0.15, 0.2) is 0 Å². The first-order chi connectivity index (χ1) is 12.1. The van der Waals surface area contributed by atoms with Gasteiger partial charge in [-0.1, -0.05) is 23.7 Å². The van der Waals surface area contributed by atoms with E-state index in [9.17, 15) is 4.79 Å². The summed E-state index contributed by atoms with van der Waals surface area (Å²) in [5.41, 5.74) is 7.11. The summed E-state index contributed by atoms with van der Waals surface area (Å²) in [4.78, 5) is 14.6. The Morgan fingerprint density at radius 2 is 2.20 bits per heavy atom. The van der Waals surface area contributed by atoms with E-state index >= 15 is 0 Å². The maximum Gasteiger partial charge on any atom is 0.237 e. The summed E-state index contributed by atoms with van der Waals surface area (Å²) < 4.78 is 6.05. The number of rotatable bonds is 6. The van der Waals surface area contributed by atoms with Crippen molar-refractivity contribution in [3.63, 3.8) is 0 Å². The van der Waals surface area contributed by atoms with Crippen molar-refractivity contribution in [3.8, 4) is 0 Å². The highest BCUT2D eigenvalue weighted by Crippen LogP contribution is 2.30. The van der Waals surface area contributed by atoms with Crippen LogP contribution in [0, 0.1) is 0 Å². The van der Waals surface area contributed by atoms with Crippen molar-refractivity contribution in [2.45, 2.75) is 37.1 Å². The van der Waals surface area contributed by atoms with Crippen LogP contribution in [0.15, 0.2) is 24.3 Å². The van der Waals surface area contributed by atoms with Gasteiger partial charge in [0.1, 0.15) is 0 Å². The van der Waals surface area contributed by atoms with Crippen molar-refractivity contribution >= 4 is 29.3 Å². The van der Waals surface area contributed by atoms with Gasteiger partial charge in [-0.3, -0.25) is 9.69 Å². The van der Waals surface area contributed by atoms with Crippen molar-refractivity contribution < 1.29 is 9.53 Å². The van der Waals surface area contributed by atoms with Gasteiger partial charge < -0.3 is 15.8 Å². The van der Waals surface area contributed by atoms with Gasteiger partial charge in [0.05, 0.1) is 18.8 Å². The number of hydrogen-bond acceptors (Lipinski definition) is 5. The van der Waals surface area contributed by atoms with E-state index in [0.717, 1.165) is 35.8 Å². The Labute approximate surface area is 158 Å². The highest BCUT2D eigenvalue weighted by atomic mass is 35.5. The molecule has 0 spiro atoms. The third-order valence-electron chi connectivity index (χ3n) is 4.98. The Morgan fingerprint density at radius 1 is 1.44 bits per heavy atom. The van der Waals surface area contributed by atoms with Crippen molar-refractivity contribution in [1.82, 2.24) is 10.2 Å². The van der Waals surface area contributed by atoms with Gasteiger partial charge in [0.25, 0.3) is 0 Å². The molecular weight excluding hydrogens is 358 g/mol. The quantitative estimate of drug-likeness (QED) is 0.786. The molecule has 2 aliphatic rings. The molecule has 138 valence electrons. The first-order valence-corrected chi connectivity index (χ1v) is 10.5. The van der Waals surface area contributed by atoms with Crippen LogP contribution in [0.5, 0.6) is 0 Å². The Morgan fingerprint density at radius 3 is 2.92 bits per heavy atom. The monoisotopic (exact) mass is 383 g/mol. The maximum atomic E-state index is 12.2. The lowest BCUT2D eigenvalue weighted by Gasteiger charge is -2.35. The number of nitrogens with zero attached hydrogens (tertiary/aromatic N) is 1. The minimum absolute atomic E-state index is 0.0333. The number of hydrogen-bond donors (Lipinski definition) is 2. The van der Waals surface area contributed by atoms with Crippen molar-refractivity contribution in [1.29, 1.82) is 0 Å². The number of fused-ring (bicyclic) bond motifs is 1. The van der Waals surface area contributed by atoms with Gasteiger partial charge in [-0.25, -0.2) is 0 Å². The third-order valence-corrected chi connectivity index (χ3v) is 5.87. The molecule has 2 fully saturated rings. The van der Waals surface area contributed by atoms with Crippen LogP contribution < -0.4 is 11.1 Å². The smallest absolute Gasteiger partial charge is 0.237 e. The van der Waals surface area contributed by atoms with E-state index < -0.39 is 6.04 Å². The second kappa shape index (κ2) is 8.73. The number of benzene rings is 1. The Bertz CT molecular complexity index is 586. The molecule has 1 aromatic carbocycles. The fourth-order valence-electron chi connectivity index (χ4n) is 3.54. The van der Waals surface area contributed by atoms with Crippen LogP contribution in [0.25, 0.3) is 0 Å². The van der Waals surface area contributed by atoms with E-state index in [2.05, 4.69) is 10.2 Å². The summed E-state index contributed by atoms with van der Waals surface area (Å²) in [6, 6.07) is 7.95. The fraction of sp³-hybridized carbons (Fsp3) is 0.611. The molecule has 0 unspecified atom stereocenters. The van der Waals surface area contributed by atoms with Crippen LogP contribution >= 0.6 is 23.4 Å². The SMILES string of the molecule is CSCC[C@@H](N)C(=O)N[C@H]1C[C@H]2CO[C@@H](c3ccc(Cl)cc3)CN2C1. The van der Waals surface area contributed by atoms with Crippen LogP contribution in [-0.4, -0.2) is 60.6 Å². The van der Waals surface area contributed by atoms with Gasteiger partial charge in [-0.05, 0) is 42.5 Å². The third kappa shape index (κ3) is 4.89. The summed E-state index contributed by atoms with van der Waals surface area (Å²) in [7, 11) is 0. The molecule has 0 bridgehead atoms. The summed E-state index contributed by atoms with van der Waals surface area (Å²) >= 11 is 7.67. The largest absolute Gasteiger partial charge is 0.371 e. The van der Waals surface area contributed by atoms with E-state index in [0.29, 0.717) is 19.1 Å². The number of nitrogens with two attached hydrogens (primary N) is 1. The average molecular weight is 384 g/mol. The molecule has 7 heteroatoms. The van der Waals surface area contributed by atoms with Gasteiger partial charge in [0, 0.05) is 30.2 Å². The Hall–Kier alpha value is -0.790. The average Bonchev–Trinajstić information content (AvgIpc) is 3.01. The normalized spacial score (nSPS) is 27.7. The van der Waals surface area contributed by atoms with Gasteiger partial charge in [-0.2, -0.15) is 11.8 Å². The molecule has 0 saturated carbocycles. The highest BCUT2D eigenvalue weighted by molar-refractivity contribution is 7.98. The molecule has 3 N–H and O–H groups in total. The van der Waals surface area contributed by atoms with E-state index in [4.69, 9.17) is 22.1 Å². The van der Waals surface area contributed by atoms with Crippen LogP contribution in [0.3, 0.4) is 0 Å². The zero-order valence-corrected chi connectivity index (χ0v) is 16.1. The predicted octanol–water partition coefficient (Wildman–Crippen LogP) is 2.05. The number of amides is 1. The van der Waals surface area contributed by atoms with Crippen molar-refractivity contribution in [2.75, 3.05) is 31.7 Å². The molecule has 2 aliphatic heterocycles. The highest BCUT2D eigenvalue weighted by Gasteiger charge is 2.38. The molecule has 0 aromatic heterocycles. The summed E-state index contributed by atoms with van der Waals surface area (Å²) in [5.74, 6) is 0.874. The zero-order chi connectivity index (χ0) is 17.8. The number of carbonyl (C=O) groups is 1. The van der Waals surface area contributed by atoms with E-state index in [1.807, 2.05) is 30.5 Å². The Kier molecular flexibility index (Phi) is 6.63. The number of halogens is 1. The van der Waals surface area contributed by atoms with Crippen molar-refractivity contribution in [3.05, 3.63) is 34.9 Å². The summed E-state index contributed by atoms with van der Waals surface area (Å²) in [6.07, 6.45) is 3.73. The van der Waals surface area contributed by atoms with Crippen LogP contribution in [0.1, 0.15) is 24.5 Å². The molecule has 25 heavy (non-hydrogen) atoms. The number of carbonyl (C=O) groups excluding carboxylic acids is 1. The van der Waals surface area contributed by atoms with E-state index in [-0.39, 0.29) is 18.1 Å². The van der Waals surface area contributed by atoms with Gasteiger partial charge in [0.2, 0.25) is 5.91 Å². The minimum Gasteiger partial charge on any atom is -0.371 e.